The van der Waals surface area contributed by atoms with Gasteiger partial charge in [0.15, 0.2) is 0 Å². The van der Waals surface area contributed by atoms with Gasteiger partial charge < -0.3 is 16.4 Å². The molecular formula is C15H27N3. The van der Waals surface area contributed by atoms with E-state index in [0.717, 1.165) is 19.5 Å². The Morgan fingerprint density at radius 3 is 2.17 bits per heavy atom. The molecule has 0 saturated carbocycles. The zero-order valence-electron chi connectivity index (χ0n) is 11.7. The van der Waals surface area contributed by atoms with Crippen LogP contribution in [0.5, 0.6) is 0 Å². The fourth-order valence-electron chi connectivity index (χ4n) is 2.05. The largest absolute Gasteiger partial charge is 0.329 e. The van der Waals surface area contributed by atoms with Gasteiger partial charge in [-0.25, -0.2) is 0 Å². The lowest BCUT2D eigenvalue weighted by Crippen LogP contribution is -2.41. The zero-order chi connectivity index (χ0) is 13.4. The summed E-state index contributed by atoms with van der Waals surface area (Å²) < 4.78 is 0. The first-order valence-electron chi connectivity index (χ1n) is 6.87. The number of hydrogen-bond donors (Lipinski definition) is 2. The first-order valence-corrected chi connectivity index (χ1v) is 6.87. The van der Waals surface area contributed by atoms with Crippen LogP contribution < -0.4 is 11.5 Å². The Morgan fingerprint density at radius 1 is 1.11 bits per heavy atom. The lowest BCUT2D eigenvalue weighted by atomic mass is 10.1. The standard InChI is InChI=1S/C15H27N3/c1-3-4-13-5-7-14(8-6-13)9-10-18(2)12-15(17)11-16/h5-8,15H,3-4,9-12,16-17H2,1-2H3. The summed E-state index contributed by atoms with van der Waals surface area (Å²) in [4.78, 5) is 2.25. The van der Waals surface area contributed by atoms with Crippen molar-refractivity contribution in [2.75, 3.05) is 26.7 Å². The van der Waals surface area contributed by atoms with Crippen molar-refractivity contribution in [3.05, 3.63) is 35.4 Å². The Bertz CT molecular complexity index is 321. The van der Waals surface area contributed by atoms with Gasteiger partial charge in [-0.15, -0.1) is 0 Å². The van der Waals surface area contributed by atoms with Gasteiger partial charge in [-0.3, -0.25) is 0 Å². The van der Waals surface area contributed by atoms with Crippen molar-refractivity contribution in [1.29, 1.82) is 0 Å². The fraction of sp³-hybridized carbons (Fsp3) is 0.600. The topological polar surface area (TPSA) is 55.3 Å². The van der Waals surface area contributed by atoms with Gasteiger partial charge in [-0.2, -0.15) is 0 Å². The molecule has 0 aliphatic carbocycles. The van der Waals surface area contributed by atoms with Crippen molar-refractivity contribution in [2.24, 2.45) is 11.5 Å². The van der Waals surface area contributed by atoms with Crippen molar-refractivity contribution in [3.63, 3.8) is 0 Å². The average Bonchev–Trinajstić information content (AvgIpc) is 2.38. The van der Waals surface area contributed by atoms with Crippen molar-refractivity contribution in [1.82, 2.24) is 4.90 Å². The van der Waals surface area contributed by atoms with Crippen molar-refractivity contribution < 1.29 is 0 Å². The van der Waals surface area contributed by atoms with Crippen molar-refractivity contribution in [2.45, 2.75) is 32.2 Å². The van der Waals surface area contributed by atoms with Gasteiger partial charge in [0.25, 0.3) is 0 Å². The quantitative estimate of drug-likeness (QED) is 0.732. The maximum absolute atomic E-state index is 5.83. The molecule has 0 amide bonds. The Hall–Kier alpha value is -0.900. The molecule has 0 radical (unpaired) electrons. The van der Waals surface area contributed by atoms with E-state index in [1.165, 1.54) is 24.0 Å². The molecule has 18 heavy (non-hydrogen) atoms. The highest BCUT2D eigenvalue weighted by Gasteiger charge is 2.04. The van der Waals surface area contributed by atoms with Crippen LogP contribution in [-0.4, -0.2) is 37.6 Å². The predicted molar refractivity (Wildman–Crippen MR) is 78.7 cm³/mol. The van der Waals surface area contributed by atoms with Gasteiger partial charge >= 0.3 is 0 Å². The highest BCUT2D eigenvalue weighted by Crippen LogP contribution is 2.07. The van der Waals surface area contributed by atoms with E-state index < -0.39 is 0 Å². The zero-order valence-corrected chi connectivity index (χ0v) is 11.7. The van der Waals surface area contributed by atoms with E-state index in [0.29, 0.717) is 6.54 Å². The van der Waals surface area contributed by atoms with Crippen LogP contribution in [0.4, 0.5) is 0 Å². The normalized spacial score (nSPS) is 12.9. The molecule has 3 nitrogen and oxygen atoms in total. The minimum Gasteiger partial charge on any atom is -0.329 e. The summed E-state index contributed by atoms with van der Waals surface area (Å²) in [5, 5.41) is 0. The van der Waals surface area contributed by atoms with Crippen molar-refractivity contribution in [3.8, 4) is 0 Å². The van der Waals surface area contributed by atoms with Gasteiger partial charge in [-0.05, 0) is 31.0 Å². The van der Waals surface area contributed by atoms with E-state index in [1.807, 2.05) is 0 Å². The molecule has 1 aromatic carbocycles. The molecule has 0 spiro atoms. The van der Waals surface area contributed by atoms with E-state index >= 15 is 0 Å². The lowest BCUT2D eigenvalue weighted by molar-refractivity contribution is 0.316. The predicted octanol–water partition coefficient (Wildman–Crippen LogP) is 1.40. The maximum Gasteiger partial charge on any atom is 0.0292 e. The first kappa shape index (κ1) is 15.2. The first-order chi connectivity index (χ1) is 8.65. The minimum absolute atomic E-state index is 0.0851. The van der Waals surface area contributed by atoms with Gasteiger partial charge in [0.2, 0.25) is 0 Å². The molecule has 1 aromatic rings. The monoisotopic (exact) mass is 249 g/mol. The molecule has 0 fully saturated rings. The molecule has 1 atom stereocenters. The van der Waals surface area contributed by atoms with E-state index in [1.54, 1.807) is 0 Å². The Labute approximate surface area is 111 Å². The molecule has 1 rings (SSSR count). The van der Waals surface area contributed by atoms with Crippen molar-refractivity contribution >= 4 is 0 Å². The number of nitrogens with two attached hydrogens (primary N) is 2. The van der Waals surface area contributed by atoms with E-state index in [-0.39, 0.29) is 6.04 Å². The second kappa shape index (κ2) is 8.25. The minimum atomic E-state index is 0.0851. The van der Waals surface area contributed by atoms with E-state index in [2.05, 4.69) is 43.1 Å². The highest BCUT2D eigenvalue weighted by atomic mass is 15.1. The molecule has 1 unspecified atom stereocenters. The summed E-state index contributed by atoms with van der Waals surface area (Å²) in [5.41, 5.74) is 14.2. The smallest absolute Gasteiger partial charge is 0.0292 e. The number of hydrogen-bond acceptors (Lipinski definition) is 3. The number of aryl methyl sites for hydroxylation is 1. The number of rotatable bonds is 8. The van der Waals surface area contributed by atoms with E-state index in [9.17, 15) is 0 Å². The average molecular weight is 249 g/mol. The lowest BCUT2D eigenvalue weighted by Gasteiger charge is -2.20. The third kappa shape index (κ3) is 5.63. The third-order valence-electron chi connectivity index (χ3n) is 3.19. The fourth-order valence-corrected chi connectivity index (χ4v) is 2.05. The van der Waals surface area contributed by atoms with Crippen LogP contribution in [-0.2, 0) is 12.8 Å². The van der Waals surface area contributed by atoms with Crippen LogP contribution >= 0.6 is 0 Å². The summed E-state index contributed by atoms with van der Waals surface area (Å²) in [6.07, 6.45) is 3.45. The maximum atomic E-state index is 5.83. The SMILES string of the molecule is CCCc1ccc(CCN(C)CC(N)CN)cc1. The summed E-state index contributed by atoms with van der Waals surface area (Å²) in [7, 11) is 2.10. The number of nitrogens with zero attached hydrogens (tertiary/aromatic N) is 1. The van der Waals surface area contributed by atoms with E-state index in [4.69, 9.17) is 11.5 Å². The summed E-state index contributed by atoms with van der Waals surface area (Å²) in [6.45, 7) is 4.66. The van der Waals surface area contributed by atoms with Crippen LogP contribution in [0.2, 0.25) is 0 Å². The second-order valence-electron chi connectivity index (χ2n) is 5.07. The van der Waals surface area contributed by atoms with Crippen LogP contribution in [0.3, 0.4) is 0 Å². The Morgan fingerprint density at radius 2 is 1.67 bits per heavy atom. The molecule has 0 aliphatic heterocycles. The summed E-state index contributed by atoms with van der Waals surface area (Å²) in [5.74, 6) is 0. The summed E-state index contributed by atoms with van der Waals surface area (Å²) >= 11 is 0. The Kier molecular flexibility index (Phi) is 6.94. The molecule has 3 heteroatoms. The molecule has 0 aromatic heterocycles. The van der Waals surface area contributed by atoms with Gasteiger partial charge in [0, 0.05) is 25.7 Å². The molecular weight excluding hydrogens is 222 g/mol. The third-order valence-corrected chi connectivity index (χ3v) is 3.19. The Balaban J connectivity index is 2.34. The number of benzene rings is 1. The second-order valence-corrected chi connectivity index (χ2v) is 5.07. The molecule has 0 heterocycles. The van der Waals surface area contributed by atoms with Crippen LogP contribution in [0.25, 0.3) is 0 Å². The molecule has 4 N–H and O–H groups in total. The van der Waals surface area contributed by atoms with Gasteiger partial charge in [0.1, 0.15) is 0 Å². The highest BCUT2D eigenvalue weighted by molar-refractivity contribution is 5.22. The molecule has 0 saturated heterocycles. The van der Waals surface area contributed by atoms with Gasteiger partial charge in [0.05, 0.1) is 0 Å². The molecule has 0 bridgehead atoms. The molecule has 102 valence electrons. The van der Waals surface area contributed by atoms with Gasteiger partial charge in [-0.1, -0.05) is 37.6 Å². The van der Waals surface area contributed by atoms with Crippen LogP contribution in [0, 0.1) is 0 Å². The van der Waals surface area contributed by atoms with Crippen LogP contribution in [0.15, 0.2) is 24.3 Å². The van der Waals surface area contributed by atoms with Crippen LogP contribution in [0.1, 0.15) is 24.5 Å². The molecule has 0 aliphatic rings. The summed E-state index contributed by atoms with van der Waals surface area (Å²) in [6, 6.07) is 9.04. The number of likely N-dealkylation sites (N-methyl/N-ethyl adjacent to an activating group) is 1.